The summed E-state index contributed by atoms with van der Waals surface area (Å²) in [5.41, 5.74) is 5.91. The summed E-state index contributed by atoms with van der Waals surface area (Å²) in [4.78, 5) is 14.6. The number of nitrogens with zero attached hydrogens (tertiary/aromatic N) is 1. The second kappa shape index (κ2) is 6.04. The molecular weight excluding hydrogens is 284 g/mol. The number of alkyl halides is 2. The van der Waals surface area contributed by atoms with Gasteiger partial charge in [0.05, 0.1) is 16.9 Å². The zero-order chi connectivity index (χ0) is 15.4. The number of pyridine rings is 1. The average Bonchev–Trinajstić information content (AvgIpc) is 2.42. The molecule has 8 heteroatoms. The van der Waals surface area contributed by atoms with E-state index in [1.54, 1.807) is 6.07 Å². The molecule has 0 saturated carbocycles. The fraction of sp³-hybridized carbons (Fsp3) is 0.0769. The van der Waals surface area contributed by atoms with Crippen LogP contribution in [0.2, 0.25) is 0 Å². The third-order valence-corrected chi connectivity index (χ3v) is 2.52. The zero-order valence-corrected chi connectivity index (χ0v) is 10.6. The molecule has 0 fully saturated rings. The highest BCUT2D eigenvalue weighted by Gasteiger charge is 2.12. The molecule has 0 atom stereocenters. The lowest BCUT2D eigenvalue weighted by Gasteiger charge is -2.13. The third kappa shape index (κ3) is 3.56. The van der Waals surface area contributed by atoms with Gasteiger partial charge in [0.2, 0.25) is 0 Å². The van der Waals surface area contributed by atoms with Crippen molar-refractivity contribution in [1.29, 1.82) is 0 Å². The van der Waals surface area contributed by atoms with Gasteiger partial charge in [-0.1, -0.05) is 12.1 Å². The van der Waals surface area contributed by atoms with Crippen LogP contribution in [-0.4, -0.2) is 22.7 Å². The van der Waals surface area contributed by atoms with E-state index < -0.39 is 12.6 Å². The van der Waals surface area contributed by atoms with E-state index in [4.69, 9.17) is 10.8 Å². The molecule has 4 N–H and O–H groups in total. The van der Waals surface area contributed by atoms with E-state index in [9.17, 15) is 13.6 Å². The Morgan fingerprint density at radius 3 is 2.71 bits per heavy atom. The Morgan fingerprint density at radius 1 is 1.38 bits per heavy atom. The van der Waals surface area contributed by atoms with E-state index >= 15 is 0 Å². The van der Waals surface area contributed by atoms with Crippen molar-refractivity contribution in [3.8, 4) is 5.75 Å². The van der Waals surface area contributed by atoms with Gasteiger partial charge in [0.1, 0.15) is 5.75 Å². The molecular formula is C13H11F2N3O3. The number of anilines is 3. The first-order valence-electron chi connectivity index (χ1n) is 5.77. The number of aromatic carboxylic acids is 1. The molecule has 6 nitrogen and oxygen atoms in total. The van der Waals surface area contributed by atoms with Crippen LogP contribution in [0, 0.1) is 0 Å². The van der Waals surface area contributed by atoms with Crippen LogP contribution in [-0.2, 0) is 0 Å². The van der Waals surface area contributed by atoms with Gasteiger partial charge in [-0.15, -0.1) is 0 Å². The number of hydrogen-bond acceptors (Lipinski definition) is 5. The normalized spacial score (nSPS) is 10.4. The summed E-state index contributed by atoms with van der Waals surface area (Å²) < 4.78 is 29.0. The Hall–Kier alpha value is -2.90. The van der Waals surface area contributed by atoms with Crippen LogP contribution in [0.1, 0.15) is 10.4 Å². The highest BCUT2D eigenvalue weighted by Crippen LogP contribution is 2.30. The molecule has 1 aromatic heterocycles. The Bertz CT molecular complexity index is 665. The molecule has 0 saturated heterocycles. The van der Waals surface area contributed by atoms with Gasteiger partial charge in [0.25, 0.3) is 0 Å². The number of nitrogens with one attached hydrogen (secondary N) is 1. The summed E-state index contributed by atoms with van der Waals surface area (Å²) in [6, 6.07) is 7.23. The topological polar surface area (TPSA) is 97.5 Å². The van der Waals surface area contributed by atoms with Gasteiger partial charge in [0, 0.05) is 6.20 Å². The molecule has 0 unspecified atom stereocenters. The largest absolute Gasteiger partial charge is 0.478 e. The van der Waals surface area contributed by atoms with Crippen molar-refractivity contribution in [3.05, 3.63) is 42.1 Å². The van der Waals surface area contributed by atoms with Crippen molar-refractivity contribution in [1.82, 2.24) is 4.98 Å². The molecule has 0 amide bonds. The zero-order valence-electron chi connectivity index (χ0n) is 10.6. The molecule has 1 heterocycles. The fourth-order valence-corrected chi connectivity index (χ4v) is 1.60. The first-order valence-corrected chi connectivity index (χ1v) is 5.77. The van der Waals surface area contributed by atoms with Gasteiger partial charge in [-0.2, -0.15) is 8.78 Å². The number of carbonyl (C=O) groups is 1. The van der Waals surface area contributed by atoms with Crippen molar-refractivity contribution in [2.45, 2.75) is 6.61 Å². The molecule has 0 aliphatic heterocycles. The molecule has 0 aliphatic carbocycles. The van der Waals surface area contributed by atoms with E-state index in [-0.39, 0.29) is 28.5 Å². The number of halogens is 2. The SMILES string of the molecule is Nc1cc(C(=O)O)cnc1Nc1ccccc1OC(F)F. The number of carboxylic acid groups (broad SMARTS) is 1. The lowest BCUT2D eigenvalue weighted by molar-refractivity contribution is -0.0493. The molecule has 0 aliphatic rings. The minimum absolute atomic E-state index is 0.0711. The molecule has 0 radical (unpaired) electrons. The van der Waals surface area contributed by atoms with Gasteiger partial charge in [-0.05, 0) is 18.2 Å². The summed E-state index contributed by atoms with van der Waals surface area (Å²) in [5.74, 6) is -1.09. The highest BCUT2D eigenvalue weighted by molar-refractivity contribution is 5.89. The Morgan fingerprint density at radius 2 is 2.10 bits per heavy atom. The standard InChI is InChI=1S/C13H11F2N3O3/c14-13(15)21-10-4-2-1-3-9(10)18-11-8(16)5-7(6-17-11)12(19)20/h1-6,13H,16H2,(H,17,18)(H,19,20). The number of para-hydroxylation sites is 2. The molecule has 21 heavy (non-hydrogen) atoms. The number of nitrogen functional groups attached to an aromatic ring is 1. The van der Waals surface area contributed by atoms with Crippen molar-refractivity contribution in [3.63, 3.8) is 0 Å². The number of nitrogens with two attached hydrogens (primary N) is 1. The number of ether oxygens (including phenoxy) is 1. The van der Waals surface area contributed by atoms with Crippen LogP contribution in [0.15, 0.2) is 36.5 Å². The van der Waals surface area contributed by atoms with Gasteiger partial charge >= 0.3 is 12.6 Å². The van der Waals surface area contributed by atoms with E-state index in [1.165, 1.54) is 24.3 Å². The van der Waals surface area contributed by atoms with E-state index in [1.807, 2.05) is 0 Å². The van der Waals surface area contributed by atoms with Gasteiger partial charge < -0.3 is 20.9 Å². The highest BCUT2D eigenvalue weighted by atomic mass is 19.3. The van der Waals surface area contributed by atoms with Crippen molar-refractivity contribution in [2.75, 3.05) is 11.1 Å². The van der Waals surface area contributed by atoms with Gasteiger partial charge in [-0.25, -0.2) is 9.78 Å². The van der Waals surface area contributed by atoms with Crippen molar-refractivity contribution in [2.24, 2.45) is 0 Å². The Kier molecular flexibility index (Phi) is 4.17. The molecule has 2 rings (SSSR count). The maximum atomic E-state index is 12.3. The maximum absolute atomic E-state index is 12.3. The maximum Gasteiger partial charge on any atom is 0.387 e. The molecule has 110 valence electrons. The molecule has 0 bridgehead atoms. The predicted octanol–water partition coefficient (Wildman–Crippen LogP) is 2.71. The second-order valence-electron chi connectivity index (χ2n) is 3.97. The quantitative estimate of drug-likeness (QED) is 0.784. The van der Waals surface area contributed by atoms with E-state index in [0.717, 1.165) is 6.20 Å². The average molecular weight is 295 g/mol. The van der Waals surface area contributed by atoms with Crippen LogP contribution in [0.3, 0.4) is 0 Å². The summed E-state index contributed by atoms with van der Waals surface area (Å²) >= 11 is 0. The van der Waals surface area contributed by atoms with Crippen LogP contribution in [0.5, 0.6) is 5.75 Å². The van der Waals surface area contributed by atoms with E-state index in [0.29, 0.717) is 0 Å². The molecule has 2 aromatic rings. The minimum atomic E-state index is -2.97. The van der Waals surface area contributed by atoms with Gasteiger partial charge in [-0.3, -0.25) is 0 Å². The van der Waals surface area contributed by atoms with Crippen LogP contribution >= 0.6 is 0 Å². The van der Waals surface area contributed by atoms with Crippen LogP contribution < -0.4 is 15.8 Å². The van der Waals surface area contributed by atoms with E-state index in [2.05, 4.69) is 15.0 Å². The second-order valence-corrected chi connectivity index (χ2v) is 3.97. The number of rotatable bonds is 5. The van der Waals surface area contributed by atoms with Crippen LogP contribution in [0.4, 0.5) is 26.0 Å². The van der Waals surface area contributed by atoms with Crippen molar-refractivity contribution < 1.29 is 23.4 Å². The Balaban J connectivity index is 2.28. The smallest absolute Gasteiger partial charge is 0.387 e. The number of carboxylic acids is 1. The molecule has 1 aromatic carbocycles. The first kappa shape index (κ1) is 14.5. The third-order valence-electron chi connectivity index (χ3n) is 2.52. The lowest BCUT2D eigenvalue weighted by Crippen LogP contribution is -2.07. The minimum Gasteiger partial charge on any atom is -0.478 e. The first-order chi connectivity index (χ1) is 9.97. The fourth-order valence-electron chi connectivity index (χ4n) is 1.60. The number of hydrogen-bond donors (Lipinski definition) is 3. The number of aromatic nitrogens is 1. The monoisotopic (exact) mass is 295 g/mol. The Labute approximate surface area is 118 Å². The lowest BCUT2D eigenvalue weighted by atomic mass is 10.2. The van der Waals surface area contributed by atoms with Crippen molar-refractivity contribution >= 4 is 23.2 Å². The predicted molar refractivity (Wildman–Crippen MR) is 72.0 cm³/mol. The number of benzene rings is 1. The van der Waals surface area contributed by atoms with Crippen LogP contribution in [0.25, 0.3) is 0 Å². The summed E-state index contributed by atoms with van der Waals surface area (Å²) in [6.45, 7) is -2.97. The summed E-state index contributed by atoms with van der Waals surface area (Å²) in [7, 11) is 0. The summed E-state index contributed by atoms with van der Waals surface area (Å²) in [6.07, 6.45) is 1.11. The van der Waals surface area contributed by atoms with Gasteiger partial charge in [0.15, 0.2) is 5.82 Å². The molecule has 0 spiro atoms. The summed E-state index contributed by atoms with van der Waals surface area (Å²) in [5, 5.41) is 11.5.